The highest BCUT2D eigenvalue weighted by Crippen LogP contribution is 2.20. The Morgan fingerprint density at radius 3 is 2.19 bits per heavy atom. The molecule has 0 bridgehead atoms. The van der Waals surface area contributed by atoms with Crippen LogP contribution in [0.2, 0.25) is 0 Å². The van der Waals surface area contributed by atoms with Crippen LogP contribution in [-0.4, -0.2) is 19.7 Å². The van der Waals surface area contributed by atoms with Crippen molar-refractivity contribution in [1.29, 1.82) is 0 Å². The van der Waals surface area contributed by atoms with Gasteiger partial charge in [-0.15, -0.1) is 0 Å². The number of methoxy groups -OCH3 is 1. The smallest absolute Gasteiger partial charge is 0.123 e. The third kappa shape index (κ3) is 4.72. The van der Waals surface area contributed by atoms with E-state index in [1.165, 1.54) is 16.7 Å². The van der Waals surface area contributed by atoms with E-state index < -0.39 is 0 Å². The lowest BCUT2D eigenvalue weighted by molar-refractivity contribution is 0.404. The highest BCUT2D eigenvalue weighted by molar-refractivity contribution is 5.63. The standard InChI is InChI=1S/C23H26N2O/c1-26-23-10-6-5-9-21(23)17-25-22(16-24)15-18-11-13-20(14-12-18)19-7-3-2-4-8-19/h2-14,22,25H,15-17,24H2,1H3. The van der Waals surface area contributed by atoms with E-state index in [0.29, 0.717) is 6.54 Å². The first-order valence-corrected chi connectivity index (χ1v) is 9.00. The van der Waals surface area contributed by atoms with E-state index >= 15 is 0 Å². The summed E-state index contributed by atoms with van der Waals surface area (Å²) >= 11 is 0. The number of benzene rings is 3. The molecule has 0 heterocycles. The quantitative estimate of drug-likeness (QED) is 0.647. The average Bonchev–Trinajstić information content (AvgIpc) is 2.72. The summed E-state index contributed by atoms with van der Waals surface area (Å²) in [5.41, 5.74) is 10.9. The Bertz CT molecular complexity index is 800. The number of ether oxygens (including phenoxy) is 1. The van der Waals surface area contributed by atoms with Crippen LogP contribution in [0.1, 0.15) is 11.1 Å². The predicted molar refractivity (Wildman–Crippen MR) is 108 cm³/mol. The molecule has 0 spiro atoms. The van der Waals surface area contributed by atoms with E-state index in [-0.39, 0.29) is 6.04 Å². The fraction of sp³-hybridized carbons (Fsp3) is 0.217. The van der Waals surface area contributed by atoms with Crippen molar-refractivity contribution < 1.29 is 4.74 Å². The molecule has 0 saturated carbocycles. The minimum atomic E-state index is 0.225. The highest BCUT2D eigenvalue weighted by atomic mass is 16.5. The van der Waals surface area contributed by atoms with E-state index in [4.69, 9.17) is 10.5 Å². The van der Waals surface area contributed by atoms with Gasteiger partial charge in [0, 0.05) is 24.7 Å². The molecule has 3 heteroatoms. The summed E-state index contributed by atoms with van der Waals surface area (Å²) in [5, 5.41) is 3.55. The molecule has 0 amide bonds. The zero-order chi connectivity index (χ0) is 18.2. The molecule has 1 unspecified atom stereocenters. The molecule has 3 aromatic carbocycles. The topological polar surface area (TPSA) is 47.3 Å². The Labute approximate surface area is 155 Å². The lowest BCUT2D eigenvalue weighted by Gasteiger charge is -2.18. The second kappa shape index (κ2) is 9.18. The number of hydrogen-bond acceptors (Lipinski definition) is 3. The van der Waals surface area contributed by atoms with Gasteiger partial charge in [0.15, 0.2) is 0 Å². The lowest BCUT2D eigenvalue weighted by Crippen LogP contribution is -2.37. The molecule has 3 rings (SSSR count). The van der Waals surface area contributed by atoms with E-state index in [2.05, 4.69) is 59.9 Å². The van der Waals surface area contributed by atoms with Crippen LogP contribution in [0, 0.1) is 0 Å². The Kier molecular flexibility index (Phi) is 6.42. The van der Waals surface area contributed by atoms with Crippen LogP contribution in [-0.2, 0) is 13.0 Å². The molecule has 0 aliphatic carbocycles. The maximum Gasteiger partial charge on any atom is 0.123 e. The molecule has 0 fully saturated rings. The number of nitrogens with one attached hydrogen (secondary N) is 1. The van der Waals surface area contributed by atoms with Crippen molar-refractivity contribution in [3.8, 4) is 16.9 Å². The first kappa shape index (κ1) is 18.2. The minimum Gasteiger partial charge on any atom is -0.496 e. The van der Waals surface area contributed by atoms with Crippen molar-refractivity contribution in [3.05, 3.63) is 90.0 Å². The Hall–Kier alpha value is -2.62. The fourth-order valence-electron chi connectivity index (χ4n) is 3.09. The Morgan fingerprint density at radius 2 is 1.50 bits per heavy atom. The SMILES string of the molecule is COc1ccccc1CNC(CN)Cc1ccc(-c2ccccc2)cc1. The van der Waals surface area contributed by atoms with Gasteiger partial charge in [-0.3, -0.25) is 0 Å². The van der Waals surface area contributed by atoms with Gasteiger partial charge in [0.05, 0.1) is 7.11 Å². The molecule has 0 radical (unpaired) electrons. The van der Waals surface area contributed by atoms with E-state index in [1.54, 1.807) is 7.11 Å². The zero-order valence-corrected chi connectivity index (χ0v) is 15.2. The summed E-state index contributed by atoms with van der Waals surface area (Å²) in [6, 6.07) is 27.5. The number of nitrogens with two attached hydrogens (primary N) is 1. The van der Waals surface area contributed by atoms with Crippen LogP contribution >= 0.6 is 0 Å². The van der Waals surface area contributed by atoms with Gasteiger partial charge < -0.3 is 15.8 Å². The molecule has 134 valence electrons. The van der Waals surface area contributed by atoms with Crippen LogP contribution in [0.25, 0.3) is 11.1 Å². The first-order valence-electron chi connectivity index (χ1n) is 9.00. The van der Waals surface area contributed by atoms with Crippen LogP contribution in [0.5, 0.6) is 5.75 Å². The summed E-state index contributed by atoms with van der Waals surface area (Å²) in [6.45, 7) is 1.34. The van der Waals surface area contributed by atoms with Gasteiger partial charge in [0.25, 0.3) is 0 Å². The highest BCUT2D eigenvalue weighted by Gasteiger charge is 2.09. The molecular weight excluding hydrogens is 320 g/mol. The molecule has 1 atom stereocenters. The van der Waals surface area contributed by atoms with Crippen LogP contribution in [0.3, 0.4) is 0 Å². The van der Waals surface area contributed by atoms with Crippen molar-refractivity contribution in [1.82, 2.24) is 5.32 Å². The van der Waals surface area contributed by atoms with Crippen molar-refractivity contribution >= 4 is 0 Å². The monoisotopic (exact) mass is 346 g/mol. The molecule has 0 aliphatic heterocycles. The van der Waals surface area contributed by atoms with Gasteiger partial charge >= 0.3 is 0 Å². The van der Waals surface area contributed by atoms with Crippen molar-refractivity contribution in [2.75, 3.05) is 13.7 Å². The summed E-state index contributed by atoms with van der Waals surface area (Å²) in [5.74, 6) is 0.906. The predicted octanol–water partition coefficient (Wildman–Crippen LogP) is 4.02. The molecule has 3 N–H and O–H groups in total. The maximum atomic E-state index is 5.98. The van der Waals surface area contributed by atoms with Crippen LogP contribution in [0.15, 0.2) is 78.9 Å². The van der Waals surface area contributed by atoms with Crippen molar-refractivity contribution in [2.45, 2.75) is 19.0 Å². The molecular formula is C23H26N2O. The molecule has 0 aliphatic rings. The van der Waals surface area contributed by atoms with Crippen molar-refractivity contribution in [2.24, 2.45) is 5.73 Å². The molecule has 0 saturated heterocycles. The van der Waals surface area contributed by atoms with E-state index in [1.807, 2.05) is 24.3 Å². The van der Waals surface area contributed by atoms with E-state index in [0.717, 1.165) is 24.3 Å². The summed E-state index contributed by atoms with van der Waals surface area (Å²) in [6.07, 6.45) is 0.903. The van der Waals surface area contributed by atoms with Gasteiger partial charge in [-0.1, -0.05) is 72.8 Å². The van der Waals surface area contributed by atoms with Gasteiger partial charge in [-0.2, -0.15) is 0 Å². The summed E-state index contributed by atoms with van der Waals surface area (Å²) < 4.78 is 5.41. The normalized spacial score (nSPS) is 11.9. The fourth-order valence-corrected chi connectivity index (χ4v) is 3.09. The van der Waals surface area contributed by atoms with Gasteiger partial charge in [0.2, 0.25) is 0 Å². The molecule has 3 nitrogen and oxygen atoms in total. The minimum absolute atomic E-state index is 0.225. The van der Waals surface area contributed by atoms with Gasteiger partial charge in [-0.05, 0) is 29.2 Å². The molecule has 26 heavy (non-hydrogen) atoms. The second-order valence-electron chi connectivity index (χ2n) is 6.39. The van der Waals surface area contributed by atoms with Crippen molar-refractivity contribution in [3.63, 3.8) is 0 Å². The molecule has 3 aromatic rings. The zero-order valence-electron chi connectivity index (χ0n) is 15.2. The number of hydrogen-bond donors (Lipinski definition) is 2. The maximum absolute atomic E-state index is 5.98. The number of para-hydroxylation sites is 1. The second-order valence-corrected chi connectivity index (χ2v) is 6.39. The first-order chi connectivity index (χ1) is 12.8. The molecule has 0 aromatic heterocycles. The van der Waals surface area contributed by atoms with Gasteiger partial charge in [0.1, 0.15) is 5.75 Å². The van der Waals surface area contributed by atoms with E-state index in [9.17, 15) is 0 Å². The third-order valence-electron chi connectivity index (χ3n) is 4.60. The van der Waals surface area contributed by atoms with Crippen LogP contribution in [0.4, 0.5) is 0 Å². The number of rotatable bonds is 8. The third-order valence-corrected chi connectivity index (χ3v) is 4.60. The van der Waals surface area contributed by atoms with Gasteiger partial charge in [-0.25, -0.2) is 0 Å². The van der Waals surface area contributed by atoms with Crippen LogP contribution < -0.4 is 15.8 Å². The summed E-state index contributed by atoms with van der Waals surface area (Å²) in [4.78, 5) is 0. The summed E-state index contributed by atoms with van der Waals surface area (Å²) in [7, 11) is 1.70. The Morgan fingerprint density at radius 1 is 0.846 bits per heavy atom. The Balaban J connectivity index is 1.61. The lowest BCUT2D eigenvalue weighted by atomic mass is 10.0. The average molecular weight is 346 g/mol. The largest absolute Gasteiger partial charge is 0.496 e.